The minimum atomic E-state index is 0.777. The van der Waals surface area contributed by atoms with Crippen LogP contribution in [0.25, 0.3) is 0 Å². The average molecular weight is 246 g/mol. The second-order valence-corrected chi connectivity index (χ2v) is 5.56. The molecule has 2 heteroatoms. The number of unbranched alkanes of at least 4 members (excludes halogenated alkanes) is 1. The lowest BCUT2D eigenvalue weighted by molar-refractivity contribution is 0.255. The smallest absolute Gasteiger partial charge is 0.00159 e. The van der Waals surface area contributed by atoms with Crippen LogP contribution in [0.2, 0.25) is 0 Å². The van der Waals surface area contributed by atoms with Crippen LogP contribution in [0.15, 0.2) is 24.3 Å². The molecule has 0 atom stereocenters. The van der Waals surface area contributed by atoms with Crippen LogP contribution in [0.3, 0.4) is 0 Å². The molecule has 0 saturated carbocycles. The van der Waals surface area contributed by atoms with Crippen LogP contribution in [0.5, 0.6) is 0 Å². The summed E-state index contributed by atoms with van der Waals surface area (Å²) in [5.41, 5.74) is 8.51. The Labute approximate surface area is 111 Å². The number of aryl methyl sites for hydroxylation is 1. The Morgan fingerprint density at radius 3 is 2.39 bits per heavy atom. The lowest BCUT2D eigenvalue weighted by Crippen LogP contribution is -2.29. The van der Waals surface area contributed by atoms with Gasteiger partial charge in [0.1, 0.15) is 0 Å². The van der Waals surface area contributed by atoms with E-state index in [2.05, 4.69) is 36.2 Å². The second kappa shape index (κ2) is 6.91. The Bertz CT molecular complexity index is 337. The van der Waals surface area contributed by atoms with E-state index in [9.17, 15) is 0 Å². The molecule has 2 N–H and O–H groups in total. The number of nitrogens with two attached hydrogens (primary N) is 1. The molecule has 2 nitrogen and oxygen atoms in total. The summed E-state index contributed by atoms with van der Waals surface area (Å²) in [7, 11) is 2.22. The third-order valence-corrected chi connectivity index (χ3v) is 4.09. The summed E-state index contributed by atoms with van der Waals surface area (Å²) >= 11 is 0. The van der Waals surface area contributed by atoms with Gasteiger partial charge in [0, 0.05) is 0 Å². The van der Waals surface area contributed by atoms with E-state index >= 15 is 0 Å². The van der Waals surface area contributed by atoms with Gasteiger partial charge < -0.3 is 10.6 Å². The summed E-state index contributed by atoms with van der Waals surface area (Å²) in [5.74, 6) is 0.777. The normalized spacial score (nSPS) is 18.1. The Morgan fingerprint density at radius 2 is 1.78 bits per heavy atom. The molecule has 1 aromatic carbocycles. The molecule has 1 aromatic rings. The summed E-state index contributed by atoms with van der Waals surface area (Å²) in [5, 5.41) is 0. The van der Waals surface area contributed by atoms with E-state index in [0.717, 1.165) is 18.9 Å². The lowest BCUT2D eigenvalue weighted by atomic mass is 9.89. The van der Waals surface area contributed by atoms with Gasteiger partial charge in [-0.3, -0.25) is 0 Å². The van der Waals surface area contributed by atoms with Crippen LogP contribution in [0.4, 0.5) is 0 Å². The Balaban J connectivity index is 1.87. The Morgan fingerprint density at radius 1 is 1.11 bits per heavy atom. The summed E-state index contributed by atoms with van der Waals surface area (Å²) in [6.45, 7) is 3.29. The number of likely N-dealkylation sites (tertiary alicyclic amines) is 1. The van der Waals surface area contributed by atoms with Crippen LogP contribution >= 0.6 is 0 Å². The first kappa shape index (κ1) is 13.6. The number of hydrogen-bond donors (Lipinski definition) is 1. The average Bonchev–Trinajstić information content (AvgIpc) is 2.41. The van der Waals surface area contributed by atoms with Gasteiger partial charge in [-0.1, -0.05) is 24.3 Å². The lowest BCUT2D eigenvalue weighted by Gasteiger charge is -2.29. The molecule has 1 aliphatic heterocycles. The molecule has 0 aromatic heterocycles. The molecular formula is C16H26N2. The number of rotatable bonds is 5. The number of hydrogen-bond acceptors (Lipinski definition) is 2. The number of benzene rings is 1. The van der Waals surface area contributed by atoms with Crippen molar-refractivity contribution in [3.05, 3.63) is 35.4 Å². The van der Waals surface area contributed by atoms with Crippen molar-refractivity contribution in [1.82, 2.24) is 4.90 Å². The van der Waals surface area contributed by atoms with Gasteiger partial charge in [0.05, 0.1) is 0 Å². The van der Waals surface area contributed by atoms with Crippen molar-refractivity contribution in [2.75, 3.05) is 26.7 Å². The van der Waals surface area contributed by atoms with Crippen molar-refractivity contribution in [1.29, 1.82) is 0 Å². The highest BCUT2D eigenvalue weighted by atomic mass is 15.1. The second-order valence-electron chi connectivity index (χ2n) is 5.56. The summed E-state index contributed by atoms with van der Waals surface area (Å²) in [6.07, 6.45) is 6.14. The summed E-state index contributed by atoms with van der Waals surface area (Å²) < 4.78 is 0. The van der Waals surface area contributed by atoms with Crippen molar-refractivity contribution in [2.24, 2.45) is 5.73 Å². The highest BCUT2D eigenvalue weighted by molar-refractivity contribution is 5.26. The van der Waals surface area contributed by atoms with Gasteiger partial charge in [-0.05, 0) is 75.8 Å². The maximum absolute atomic E-state index is 5.52. The topological polar surface area (TPSA) is 29.3 Å². The molecular weight excluding hydrogens is 220 g/mol. The molecule has 1 fully saturated rings. The fraction of sp³-hybridized carbons (Fsp3) is 0.625. The van der Waals surface area contributed by atoms with Crippen molar-refractivity contribution in [2.45, 2.75) is 38.0 Å². The van der Waals surface area contributed by atoms with Gasteiger partial charge in [0.2, 0.25) is 0 Å². The number of nitrogens with zero attached hydrogens (tertiary/aromatic N) is 1. The van der Waals surface area contributed by atoms with Crippen molar-refractivity contribution < 1.29 is 0 Å². The molecule has 0 amide bonds. The predicted octanol–water partition coefficient (Wildman–Crippen LogP) is 2.78. The predicted molar refractivity (Wildman–Crippen MR) is 77.9 cm³/mol. The van der Waals surface area contributed by atoms with Gasteiger partial charge in [-0.25, -0.2) is 0 Å². The standard InChI is InChI=1S/C16H26N2/c1-18-12-9-16(10-13-18)15-7-5-14(6-8-15)4-2-3-11-17/h5-8,16H,2-4,9-13,17H2,1H3. The quantitative estimate of drug-likeness (QED) is 0.810. The van der Waals surface area contributed by atoms with Crippen LogP contribution < -0.4 is 5.73 Å². The zero-order valence-corrected chi connectivity index (χ0v) is 11.6. The van der Waals surface area contributed by atoms with E-state index in [1.165, 1.54) is 49.9 Å². The first-order chi connectivity index (χ1) is 8.79. The zero-order chi connectivity index (χ0) is 12.8. The van der Waals surface area contributed by atoms with Crippen molar-refractivity contribution >= 4 is 0 Å². The van der Waals surface area contributed by atoms with E-state index in [0.29, 0.717) is 0 Å². The van der Waals surface area contributed by atoms with Gasteiger partial charge in [0.15, 0.2) is 0 Å². The van der Waals surface area contributed by atoms with E-state index < -0.39 is 0 Å². The maximum atomic E-state index is 5.52. The fourth-order valence-corrected chi connectivity index (χ4v) is 2.77. The molecule has 0 bridgehead atoms. The molecule has 0 spiro atoms. The third kappa shape index (κ3) is 3.82. The van der Waals surface area contributed by atoms with Crippen LogP contribution in [-0.4, -0.2) is 31.6 Å². The minimum Gasteiger partial charge on any atom is -0.330 e. The van der Waals surface area contributed by atoms with Crippen molar-refractivity contribution in [3.63, 3.8) is 0 Å². The van der Waals surface area contributed by atoms with E-state index in [1.807, 2.05) is 0 Å². The van der Waals surface area contributed by atoms with Crippen molar-refractivity contribution in [3.8, 4) is 0 Å². The van der Waals surface area contributed by atoms with Gasteiger partial charge in [-0.2, -0.15) is 0 Å². The SMILES string of the molecule is CN1CCC(c2ccc(CCCCN)cc2)CC1. The van der Waals surface area contributed by atoms with Gasteiger partial charge in [-0.15, -0.1) is 0 Å². The van der Waals surface area contributed by atoms with Gasteiger partial charge in [0.25, 0.3) is 0 Å². The van der Waals surface area contributed by atoms with E-state index in [4.69, 9.17) is 5.73 Å². The monoisotopic (exact) mass is 246 g/mol. The fourth-order valence-electron chi connectivity index (χ4n) is 2.77. The molecule has 1 saturated heterocycles. The molecule has 1 aliphatic rings. The third-order valence-electron chi connectivity index (χ3n) is 4.09. The first-order valence-corrected chi connectivity index (χ1v) is 7.27. The molecule has 0 unspecified atom stereocenters. The first-order valence-electron chi connectivity index (χ1n) is 7.27. The highest BCUT2D eigenvalue weighted by Gasteiger charge is 2.17. The van der Waals surface area contributed by atoms with E-state index in [-0.39, 0.29) is 0 Å². The van der Waals surface area contributed by atoms with Gasteiger partial charge >= 0.3 is 0 Å². The molecule has 1 heterocycles. The Hall–Kier alpha value is -0.860. The largest absolute Gasteiger partial charge is 0.330 e. The van der Waals surface area contributed by atoms with Crippen LogP contribution in [0.1, 0.15) is 42.7 Å². The molecule has 100 valence electrons. The molecule has 0 radical (unpaired) electrons. The zero-order valence-electron chi connectivity index (χ0n) is 11.6. The highest BCUT2D eigenvalue weighted by Crippen LogP contribution is 2.27. The maximum Gasteiger partial charge on any atom is -0.00159 e. The summed E-state index contributed by atoms with van der Waals surface area (Å²) in [6, 6.07) is 9.30. The Kier molecular flexibility index (Phi) is 5.21. The minimum absolute atomic E-state index is 0.777. The number of piperidine rings is 1. The van der Waals surface area contributed by atoms with Crippen LogP contribution in [0, 0.1) is 0 Å². The van der Waals surface area contributed by atoms with E-state index in [1.54, 1.807) is 0 Å². The summed E-state index contributed by atoms with van der Waals surface area (Å²) in [4.78, 5) is 2.43. The molecule has 2 rings (SSSR count). The van der Waals surface area contributed by atoms with Crippen LogP contribution in [-0.2, 0) is 6.42 Å². The molecule has 0 aliphatic carbocycles. The molecule has 18 heavy (non-hydrogen) atoms.